The van der Waals surface area contributed by atoms with Crippen LogP contribution in [0, 0.1) is 17.2 Å². The molecule has 0 aromatic rings. The normalized spacial score (nSPS) is 14.6. The topological polar surface area (TPSA) is 45.0 Å². The van der Waals surface area contributed by atoms with Gasteiger partial charge in [-0.1, -0.05) is 33.6 Å². The van der Waals surface area contributed by atoms with Crippen molar-refractivity contribution in [2.45, 2.75) is 58.9 Å². The molecule has 0 bridgehead atoms. The number of hydrogen-bond acceptors (Lipinski definition) is 3. The summed E-state index contributed by atoms with van der Waals surface area (Å²) in [6, 6.07) is 2.33. The third-order valence-electron chi connectivity index (χ3n) is 3.29. The van der Waals surface area contributed by atoms with Crippen LogP contribution in [0.3, 0.4) is 0 Å². The molecule has 17 heavy (non-hydrogen) atoms. The predicted octanol–water partition coefficient (Wildman–Crippen LogP) is 3.11. The fourth-order valence-electron chi connectivity index (χ4n) is 1.88. The van der Waals surface area contributed by atoms with Crippen LogP contribution in [0.15, 0.2) is 0 Å². The van der Waals surface area contributed by atoms with Crippen molar-refractivity contribution in [2.24, 2.45) is 5.92 Å². The summed E-state index contributed by atoms with van der Waals surface area (Å²) in [6.45, 7) is 10.8. The third kappa shape index (κ3) is 7.36. The van der Waals surface area contributed by atoms with Crippen LogP contribution in [0.5, 0.6) is 0 Å². The molecule has 0 saturated carbocycles. The Labute approximate surface area is 107 Å². The van der Waals surface area contributed by atoms with Gasteiger partial charge >= 0.3 is 0 Å². The lowest BCUT2D eigenvalue weighted by Gasteiger charge is -2.22. The number of rotatable bonds is 10. The van der Waals surface area contributed by atoms with Gasteiger partial charge in [0.25, 0.3) is 0 Å². The van der Waals surface area contributed by atoms with E-state index in [-0.39, 0.29) is 0 Å². The van der Waals surface area contributed by atoms with Crippen molar-refractivity contribution in [1.29, 1.82) is 5.26 Å². The first kappa shape index (κ1) is 16.4. The Balaban J connectivity index is 3.66. The molecule has 3 heteroatoms. The van der Waals surface area contributed by atoms with E-state index in [1.807, 2.05) is 13.8 Å². The maximum absolute atomic E-state index is 9.08. The highest BCUT2D eigenvalue weighted by Crippen LogP contribution is 2.12. The molecule has 0 rings (SSSR count). The van der Waals surface area contributed by atoms with Crippen LogP contribution in [0.2, 0.25) is 0 Å². The summed E-state index contributed by atoms with van der Waals surface area (Å²) in [7, 11) is 0. The summed E-state index contributed by atoms with van der Waals surface area (Å²) in [5.41, 5.74) is -0.396. The molecule has 0 heterocycles. The summed E-state index contributed by atoms with van der Waals surface area (Å²) < 4.78 is 5.66. The Morgan fingerprint density at radius 2 is 1.94 bits per heavy atom. The zero-order valence-electron chi connectivity index (χ0n) is 11.9. The van der Waals surface area contributed by atoms with Crippen molar-refractivity contribution in [1.82, 2.24) is 5.32 Å². The van der Waals surface area contributed by atoms with E-state index in [0.29, 0.717) is 5.92 Å². The van der Waals surface area contributed by atoms with Crippen LogP contribution in [0.4, 0.5) is 0 Å². The number of nitrogens with zero attached hydrogens (tertiary/aromatic N) is 1. The summed E-state index contributed by atoms with van der Waals surface area (Å²) in [5, 5.41) is 12.3. The van der Waals surface area contributed by atoms with E-state index in [2.05, 4.69) is 25.2 Å². The Hall–Kier alpha value is -0.590. The molecule has 0 aliphatic carbocycles. The quantitative estimate of drug-likeness (QED) is 0.597. The molecular formula is C14H28N2O. The fraction of sp³-hybridized carbons (Fsp3) is 0.929. The SMILES string of the molecule is CCNC(C)(C#N)CCCOCC(CC)CC. The molecule has 0 fully saturated rings. The highest BCUT2D eigenvalue weighted by Gasteiger charge is 2.21. The Morgan fingerprint density at radius 3 is 2.41 bits per heavy atom. The lowest BCUT2D eigenvalue weighted by molar-refractivity contribution is 0.0907. The molecule has 0 aliphatic rings. The van der Waals surface area contributed by atoms with Gasteiger partial charge in [-0.05, 0) is 32.2 Å². The van der Waals surface area contributed by atoms with Gasteiger partial charge in [0.1, 0.15) is 5.54 Å². The van der Waals surface area contributed by atoms with Crippen LogP contribution in [-0.2, 0) is 4.74 Å². The third-order valence-corrected chi connectivity index (χ3v) is 3.29. The molecule has 0 aromatic carbocycles. The zero-order valence-corrected chi connectivity index (χ0v) is 11.9. The summed E-state index contributed by atoms with van der Waals surface area (Å²) in [6.07, 6.45) is 4.16. The van der Waals surface area contributed by atoms with Crippen LogP contribution in [0.1, 0.15) is 53.4 Å². The van der Waals surface area contributed by atoms with Gasteiger partial charge in [0.2, 0.25) is 0 Å². The number of nitriles is 1. The maximum Gasteiger partial charge on any atom is 0.104 e. The highest BCUT2D eigenvalue weighted by molar-refractivity contribution is 5.03. The molecule has 1 unspecified atom stereocenters. The Morgan fingerprint density at radius 1 is 1.29 bits per heavy atom. The van der Waals surface area contributed by atoms with E-state index < -0.39 is 5.54 Å². The molecule has 1 N–H and O–H groups in total. The van der Waals surface area contributed by atoms with Crippen LogP contribution in [0.25, 0.3) is 0 Å². The van der Waals surface area contributed by atoms with Gasteiger partial charge in [-0.15, -0.1) is 0 Å². The van der Waals surface area contributed by atoms with E-state index in [1.54, 1.807) is 0 Å². The molecule has 0 spiro atoms. The smallest absolute Gasteiger partial charge is 0.104 e. The van der Waals surface area contributed by atoms with Crippen molar-refractivity contribution in [3.63, 3.8) is 0 Å². The van der Waals surface area contributed by atoms with Gasteiger partial charge in [-0.25, -0.2) is 0 Å². The van der Waals surface area contributed by atoms with E-state index in [4.69, 9.17) is 10.00 Å². The molecule has 0 amide bonds. The van der Waals surface area contributed by atoms with Gasteiger partial charge in [-0.2, -0.15) is 5.26 Å². The van der Waals surface area contributed by atoms with Crippen molar-refractivity contribution >= 4 is 0 Å². The molecule has 0 aromatic heterocycles. The monoisotopic (exact) mass is 240 g/mol. The second-order valence-electron chi connectivity index (χ2n) is 4.84. The second-order valence-corrected chi connectivity index (χ2v) is 4.84. The predicted molar refractivity (Wildman–Crippen MR) is 71.8 cm³/mol. The van der Waals surface area contributed by atoms with Gasteiger partial charge < -0.3 is 4.74 Å². The molecule has 3 nitrogen and oxygen atoms in total. The van der Waals surface area contributed by atoms with Crippen LogP contribution in [-0.4, -0.2) is 25.3 Å². The first-order valence-corrected chi connectivity index (χ1v) is 6.85. The van der Waals surface area contributed by atoms with Crippen molar-refractivity contribution in [2.75, 3.05) is 19.8 Å². The van der Waals surface area contributed by atoms with Crippen molar-refractivity contribution in [3.05, 3.63) is 0 Å². The minimum Gasteiger partial charge on any atom is -0.381 e. The fourth-order valence-corrected chi connectivity index (χ4v) is 1.88. The van der Waals surface area contributed by atoms with Crippen molar-refractivity contribution in [3.8, 4) is 6.07 Å². The minimum atomic E-state index is -0.396. The van der Waals surface area contributed by atoms with Gasteiger partial charge in [0.15, 0.2) is 0 Å². The van der Waals surface area contributed by atoms with Gasteiger partial charge in [-0.3, -0.25) is 5.32 Å². The Bertz CT molecular complexity index is 221. The summed E-state index contributed by atoms with van der Waals surface area (Å²) >= 11 is 0. The number of ether oxygens (including phenoxy) is 1. The molecule has 0 radical (unpaired) electrons. The zero-order chi connectivity index (χ0) is 13.1. The molecular weight excluding hydrogens is 212 g/mol. The van der Waals surface area contributed by atoms with E-state index in [1.165, 1.54) is 12.8 Å². The van der Waals surface area contributed by atoms with Gasteiger partial charge in [0.05, 0.1) is 6.07 Å². The van der Waals surface area contributed by atoms with Crippen molar-refractivity contribution < 1.29 is 4.74 Å². The molecule has 1 atom stereocenters. The standard InChI is InChI=1S/C14H28N2O/c1-5-13(6-2)11-17-10-8-9-14(4,12-15)16-7-3/h13,16H,5-11H2,1-4H3. The van der Waals surface area contributed by atoms with E-state index in [9.17, 15) is 0 Å². The molecule has 100 valence electrons. The van der Waals surface area contributed by atoms with E-state index >= 15 is 0 Å². The average molecular weight is 240 g/mol. The lowest BCUT2D eigenvalue weighted by atomic mass is 9.98. The molecule has 0 aliphatic heterocycles. The minimum absolute atomic E-state index is 0.396. The summed E-state index contributed by atoms with van der Waals surface area (Å²) in [5.74, 6) is 0.686. The first-order chi connectivity index (χ1) is 8.11. The van der Waals surface area contributed by atoms with Crippen LogP contribution >= 0.6 is 0 Å². The largest absolute Gasteiger partial charge is 0.381 e. The lowest BCUT2D eigenvalue weighted by Crippen LogP contribution is -2.40. The highest BCUT2D eigenvalue weighted by atomic mass is 16.5. The number of hydrogen-bond donors (Lipinski definition) is 1. The van der Waals surface area contributed by atoms with Gasteiger partial charge in [0, 0.05) is 13.2 Å². The Kier molecular flexibility index (Phi) is 9.11. The van der Waals surface area contributed by atoms with Crippen LogP contribution < -0.4 is 5.32 Å². The maximum atomic E-state index is 9.08. The molecule has 0 saturated heterocycles. The summed E-state index contributed by atoms with van der Waals surface area (Å²) in [4.78, 5) is 0. The first-order valence-electron chi connectivity index (χ1n) is 6.85. The van der Waals surface area contributed by atoms with E-state index in [0.717, 1.165) is 32.6 Å². The second kappa shape index (κ2) is 9.44. The average Bonchev–Trinajstić information content (AvgIpc) is 2.34. The number of nitrogens with one attached hydrogen (secondary N) is 1.